The van der Waals surface area contributed by atoms with Gasteiger partial charge in [-0.2, -0.15) is 0 Å². The molecule has 0 aliphatic carbocycles. The van der Waals surface area contributed by atoms with Gasteiger partial charge in [-0.15, -0.1) is 0 Å². The summed E-state index contributed by atoms with van der Waals surface area (Å²) in [5.41, 5.74) is 0. The van der Waals surface area contributed by atoms with Crippen molar-refractivity contribution < 1.29 is 9.47 Å². The number of ether oxygens (including phenoxy) is 2. The highest BCUT2D eigenvalue weighted by atomic mass is 16.5. The first-order chi connectivity index (χ1) is 8.79. The molecule has 3 atom stereocenters. The molecule has 4 heteroatoms. The Labute approximate surface area is 111 Å². The van der Waals surface area contributed by atoms with Gasteiger partial charge in [0.05, 0.1) is 18.8 Å². The van der Waals surface area contributed by atoms with Crippen molar-refractivity contribution in [1.82, 2.24) is 10.2 Å². The smallest absolute Gasteiger partial charge is 0.0855 e. The van der Waals surface area contributed by atoms with Crippen molar-refractivity contribution >= 4 is 0 Å². The van der Waals surface area contributed by atoms with E-state index in [1.165, 1.54) is 32.1 Å². The Morgan fingerprint density at radius 3 is 2.89 bits per heavy atom. The molecule has 0 radical (unpaired) electrons. The van der Waals surface area contributed by atoms with Gasteiger partial charge in [0.2, 0.25) is 0 Å². The first-order valence-electron chi connectivity index (χ1n) is 7.38. The molecule has 0 spiro atoms. The molecule has 4 nitrogen and oxygen atoms in total. The standard InChI is InChI=1S/C14H28N2O2/c1-15-13(14-11-16(2)8-10-18-14)7-3-5-12-6-4-9-17-12/h12-15H,3-11H2,1-2H3. The Morgan fingerprint density at radius 1 is 1.33 bits per heavy atom. The van der Waals surface area contributed by atoms with Crippen LogP contribution in [0.25, 0.3) is 0 Å². The molecule has 18 heavy (non-hydrogen) atoms. The molecule has 1 N–H and O–H groups in total. The lowest BCUT2D eigenvalue weighted by Gasteiger charge is -2.35. The van der Waals surface area contributed by atoms with Crippen LogP contribution in [0.2, 0.25) is 0 Å². The van der Waals surface area contributed by atoms with Gasteiger partial charge in [0.1, 0.15) is 0 Å². The first kappa shape index (κ1) is 14.3. The molecular weight excluding hydrogens is 228 g/mol. The summed E-state index contributed by atoms with van der Waals surface area (Å²) in [6, 6.07) is 0.481. The van der Waals surface area contributed by atoms with Gasteiger partial charge >= 0.3 is 0 Å². The topological polar surface area (TPSA) is 33.7 Å². The number of nitrogens with zero attached hydrogens (tertiary/aromatic N) is 1. The predicted octanol–water partition coefficient (Wildman–Crippen LogP) is 1.25. The molecule has 0 saturated carbocycles. The zero-order valence-electron chi connectivity index (χ0n) is 11.9. The average molecular weight is 256 g/mol. The van der Waals surface area contributed by atoms with Gasteiger partial charge in [-0.25, -0.2) is 0 Å². The third-order valence-corrected chi connectivity index (χ3v) is 4.18. The molecule has 2 heterocycles. The summed E-state index contributed by atoms with van der Waals surface area (Å²) in [4.78, 5) is 2.36. The van der Waals surface area contributed by atoms with Crippen LogP contribution < -0.4 is 5.32 Å². The van der Waals surface area contributed by atoms with E-state index >= 15 is 0 Å². The lowest BCUT2D eigenvalue weighted by Crippen LogP contribution is -2.50. The predicted molar refractivity (Wildman–Crippen MR) is 72.9 cm³/mol. The van der Waals surface area contributed by atoms with Gasteiger partial charge in [-0.1, -0.05) is 0 Å². The van der Waals surface area contributed by atoms with Gasteiger partial charge in [-0.05, 0) is 46.2 Å². The van der Waals surface area contributed by atoms with E-state index in [1.807, 2.05) is 0 Å². The van der Waals surface area contributed by atoms with E-state index in [9.17, 15) is 0 Å². The fraction of sp³-hybridized carbons (Fsp3) is 1.00. The van der Waals surface area contributed by atoms with Crippen LogP contribution in [0.4, 0.5) is 0 Å². The normalized spacial score (nSPS) is 31.7. The molecule has 2 aliphatic rings. The Kier molecular flexibility index (Phi) is 5.89. The number of nitrogens with one attached hydrogen (secondary N) is 1. The summed E-state index contributed by atoms with van der Waals surface area (Å²) < 4.78 is 11.6. The minimum atomic E-state index is 0.346. The summed E-state index contributed by atoms with van der Waals surface area (Å²) >= 11 is 0. The molecular formula is C14H28N2O2. The van der Waals surface area contributed by atoms with Crippen LogP contribution in [-0.4, -0.2) is 63.5 Å². The lowest BCUT2D eigenvalue weighted by atomic mass is 10.0. The second kappa shape index (κ2) is 7.43. The molecule has 0 amide bonds. The Balaban J connectivity index is 1.67. The third-order valence-electron chi connectivity index (χ3n) is 4.18. The number of hydrogen-bond acceptors (Lipinski definition) is 4. The van der Waals surface area contributed by atoms with Crippen LogP contribution in [0.1, 0.15) is 32.1 Å². The fourth-order valence-electron chi connectivity index (χ4n) is 3.01. The van der Waals surface area contributed by atoms with Crippen molar-refractivity contribution in [3.05, 3.63) is 0 Å². The van der Waals surface area contributed by atoms with Gasteiger partial charge < -0.3 is 19.7 Å². The van der Waals surface area contributed by atoms with Gasteiger partial charge in [0.25, 0.3) is 0 Å². The maximum Gasteiger partial charge on any atom is 0.0855 e. The van der Waals surface area contributed by atoms with Crippen LogP contribution in [0.5, 0.6) is 0 Å². The van der Waals surface area contributed by atoms with Crippen molar-refractivity contribution in [2.24, 2.45) is 0 Å². The third kappa shape index (κ3) is 4.19. The minimum absolute atomic E-state index is 0.346. The Hall–Kier alpha value is -0.160. The summed E-state index contributed by atoms with van der Waals surface area (Å²) in [6.45, 7) is 3.94. The van der Waals surface area contributed by atoms with E-state index in [2.05, 4.69) is 24.3 Å². The van der Waals surface area contributed by atoms with Crippen LogP contribution in [0, 0.1) is 0 Å². The van der Waals surface area contributed by atoms with Gasteiger partial charge in [0.15, 0.2) is 0 Å². The van der Waals surface area contributed by atoms with Crippen molar-refractivity contribution in [3.8, 4) is 0 Å². The van der Waals surface area contributed by atoms with E-state index in [4.69, 9.17) is 9.47 Å². The summed E-state index contributed by atoms with van der Waals surface area (Å²) in [6.07, 6.45) is 7.01. The van der Waals surface area contributed by atoms with Crippen molar-refractivity contribution in [2.75, 3.05) is 40.4 Å². The van der Waals surface area contributed by atoms with E-state index in [1.54, 1.807) is 0 Å². The molecule has 2 rings (SSSR count). The molecule has 0 aromatic carbocycles. The van der Waals surface area contributed by atoms with Crippen molar-refractivity contribution in [2.45, 2.75) is 50.4 Å². The van der Waals surface area contributed by atoms with Crippen LogP contribution in [0.3, 0.4) is 0 Å². The Bertz CT molecular complexity index is 232. The highest BCUT2D eigenvalue weighted by molar-refractivity contribution is 4.81. The molecule has 2 saturated heterocycles. The molecule has 0 aromatic rings. The highest BCUT2D eigenvalue weighted by Crippen LogP contribution is 2.19. The zero-order valence-corrected chi connectivity index (χ0v) is 11.9. The van der Waals surface area contributed by atoms with Crippen LogP contribution in [-0.2, 0) is 9.47 Å². The minimum Gasteiger partial charge on any atom is -0.378 e. The quantitative estimate of drug-likeness (QED) is 0.775. The number of likely N-dealkylation sites (N-methyl/N-ethyl adjacent to an activating group) is 2. The maximum absolute atomic E-state index is 5.89. The first-order valence-corrected chi connectivity index (χ1v) is 7.38. The summed E-state index contributed by atoms with van der Waals surface area (Å²) in [5, 5.41) is 3.43. The monoisotopic (exact) mass is 256 g/mol. The van der Waals surface area contributed by atoms with Crippen molar-refractivity contribution in [1.29, 1.82) is 0 Å². The lowest BCUT2D eigenvalue weighted by molar-refractivity contribution is -0.0394. The van der Waals surface area contributed by atoms with Crippen LogP contribution in [0.15, 0.2) is 0 Å². The summed E-state index contributed by atoms with van der Waals surface area (Å²) in [5.74, 6) is 0. The van der Waals surface area contributed by atoms with Gasteiger partial charge in [0, 0.05) is 25.7 Å². The maximum atomic E-state index is 5.89. The molecule has 0 aromatic heterocycles. The van der Waals surface area contributed by atoms with Gasteiger partial charge in [-0.3, -0.25) is 0 Å². The number of rotatable bonds is 6. The van der Waals surface area contributed by atoms with E-state index in [-0.39, 0.29) is 0 Å². The van der Waals surface area contributed by atoms with E-state index < -0.39 is 0 Å². The molecule has 2 fully saturated rings. The number of morpholine rings is 1. The molecule has 3 unspecified atom stereocenters. The number of hydrogen-bond donors (Lipinski definition) is 1. The fourth-order valence-corrected chi connectivity index (χ4v) is 3.01. The molecule has 106 valence electrons. The van der Waals surface area contributed by atoms with Crippen LogP contribution >= 0.6 is 0 Å². The zero-order chi connectivity index (χ0) is 12.8. The average Bonchev–Trinajstić information content (AvgIpc) is 2.88. The van der Waals surface area contributed by atoms with E-state index in [0.717, 1.165) is 26.3 Å². The second-order valence-electron chi connectivity index (χ2n) is 5.63. The Morgan fingerprint density at radius 2 is 2.22 bits per heavy atom. The highest BCUT2D eigenvalue weighted by Gasteiger charge is 2.25. The van der Waals surface area contributed by atoms with Crippen molar-refractivity contribution in [3.63, 3.8) is 0 Å². The largest absolute Gasteiger partial charge is 0.378 e. The SMILES string of the molecule is CNC(CCCC1CCCO1)C1CN(C)CCO1. The molecule has 2 aliphatic heterocycles. The van der Waals surface area contributed by atoms with E-state index in [0.29, 0.717) is 18.2 Å². The summed E-state index contributed by atoms with van der Waals surface area (Å²) in [7, 11) is 4.23. The second-order valence-corrected chi connectivity index (χ2v) is 5.63. The molecule has 0 bridgehead atoms.